The number of aliphatic hydroxyl groups is 2. The second-order valence-corrected chi connectivity index (χ2v) is 4.35. The van der Waals surface area contributed by atoms with Gasteiger partial charge in [0.2, 0.25) is 0 Å². The summed E-state index contributed by atoms with van der Waals surface area (Å²) < 4.78 is 4.94. The fourth-order valence-electron chi connectivity index (χ4n) is 3.38. The van der Waals surface area contributed by atoms with Crippen LogP contribution in [0.15, 0.2) is 0 Å². The van der Waals surface area contributed by atoms with Crippen molar-refractivity contribution in [3.05, 3.63) is 0 Å². The first-order chi connectivity index (χ1) is 6.20. The molecular weight excluding hydrogens is 172 g/mol. The fourth-order valence-corrected chi connectivity index (χ4v) is 3.38. The van der Waals surface area contributed by atoms with Gasteiger partial charge in [-0.1, -0.05) is 0 Å². The van der Waals surface area contributed by atoms with Crippen LogP contribution in [-0.4, -0.2) is 35.0 Å². The Morgan fingerprint density at radius 1 is 1.31 bits per heavy atom. The molecule has 4 nitrogen and oxygen atoms in total. The average Bonchev–Trinajstić information content (AvgIpc) is 2.64. The predicted octanol–water partition coefficient (Wildman–Crippen LogP) is -0.853. The molecule has 0 amide bonds. The van der Waals surface area contributed by atoms with Crippen LogP contribution < -0.4 is 0 Å². The highest BCUT2D eigenvalue weighted by atomic mass is 16.5. The lowest BCUT2D eigenvalue weighted by atomic mass is 9.80. The summed E-state index contributed by atoms with van der Waals surface area (Å²) in [5, 5.41) is 19.4. The summed E-state index contributed by atoms with van der Waals surface area (Å²) in [7, 11) is 0. The highest BCUT2D eigenvalue weighted by Crippen LogP contribution is 2.55. The molecule has 13 heavy (non-hydrogen) atoms. The molecule has 3 fully saturated rings. The molecule has 1 heterocycles. The van der Waals surface area contributed by atoms with Crippen LogP contribution in [0.4, 0.5) is 0 Å². The van der Waals surface area contributed by atoms with Crippen LogP contribution in [0.5, 0.6) is 0 Å². The van der Waals surface area contributed by atoms with Crippen LogP contribution in [0.25, 0.3) is 0 Å². The molecule has 2 N–H and O–H groups in total. The SMILES string of the molecule is O=C1OC[C@H]2[C@H]1[C@H]1C[C@H](O)[C@@H]2[C@@H]1O. The van der Waals surface area contributed by atoms with Crippen LogP contribution in [0.3, 0.4) is 0 Å². The van der Waals surface area contributed by atoms with Gasteiger partial charge >= 0.3 is 5.97 Å². The molecule has 2 saturated carbocycles. The molecule has 0 spiro atoms. The number of hydrogen-bond donors (Lipinski definition) is 2. The molecule has 4 heteroatoms. The van der Waals surface area contributed by atoms with Crippen LogP contribution in [-0.2, 0) is 9.53 Å². The Kier molecular flexibility index (Phi) is 1.34. The third-order valence-corrected chi connectivity index (χ3v) is 3.90. The second kappa shape index (κ2) is 2.25. The molecule has 0 aromatic carbocycles. The summed E-state index contributed by atoms with van der Waals surface area (Å²) in [6, 6.07) is 0. The van der Waals surface area contributed by atoms with E-state index in [2.05, 4.69) is 0 Å². The van der Waals surface area contributed by atoms with Crippen molar-refractivity contribution in [3.8, 4) is 0 Å². The number of carbonyl (C=O) groups is 1. The van der Waals surface area contributed by atoms with E-state index in [4.69, 9.17) is 4.74 Å². The predicted molar refractivity (Wildman–Crippen MR) is 41.5 cm³/mol. The maximum atomic E-state index is 11.3. The van der Waals surface area contributed by atoms with Gasteiger partial charge in [-0.05, 0) is 6.42 Å². The summed E-state index contributed by atoms with van der Waals surface area (Å²) in [5.41, 5.74) is 0. The summed E-state index contributed by atoms with van der Waals surface area (Å²) in [5.74, 6) is -0.426. The van der Waals surface area contributed by atoms with Crippen molar-refractivity contribution in [2.45, 2.75) is 18.6 Å². The van der Waals surface area contributed by atoms with Crippen molar-refractivity contribution in [3.63, 3.8) is 0 Å². The Balaban J connectivity index is 1.98. The van der Waals surface area contributed by atoms with Crippen molar-refractivity contribution in [2.24, 2.45) is 23.7 Å². The Morgan fingerprint density at radius 3 is 2.85 bits per heavy atom. The Bertz CT molecular complexity index is 262. The van der Waals surface area contributed by atoms with E-state index in [0.29, 0.717) is 13.0 Å². The number of esters is 1. The van der Waals surface area contributed by atoms with Crippen LogP contribution in [0.2, 0.25) is 0 Å². The highest BCUT2D eigenvalue weighted by Gasteiger charge is 2.63. The summed E-state index contributed by atoms with van der Waals surface area (Å²) >= 11 is 0. The lowest BCUT2D eigenvalue weighted by Gasteiger charge is -2.23. The van der Waals surface area contributed by atoms with E-state index in [9.17, 15) is 15.0 Å². The van der Waals surface area contributed by atoms with E-state index in [1.54, 1.807) is 0 Å². The van der Waals surface area contributed by atoms with E-state index in [-0.39, 0.29) is 29.6 Å². The zero-order chi connectivity index (χ0) is 9.16. The monoisotopic (exact) mass is 184 g/mol. The van der Waals surface area contributed by atoms with Crippen LogP contribution in [0.1, 0.15) is 6.42 Å². The van der Waals surface area contributed by atoms with Gasteiger partial charge in [-0.25, -0.2) is 0 Å². The third kappa shape index (κ3) is 0.758. The zero-order valence-corrected chi connectivity index (χ0v) is 7.09. The van der Waals surface area contributed by atoms with E-state index >= 15 is 0 Å². The van der Waals surface area contributed by atoms with E-state index < -0.39 is 12.2 Å². The Labute approximate surface area is 75.5 Å². The van der Waals surface area contributed by atoms with Gasteiger partial charge in [0.15, 0.2) is 0 Å². The minimum absolute atomic E-state index is 0.0556. The van der Waals surface area contributed by atoms with E-state index in [1.807, 2.05) is 0 Å². The lowest BCUT2D eigenvalue weighted by Crippen LogP contribution is -2.31. The normalized spacial score (nSPS) is 58.2. The largest absolute Gasteiger partial charge is 0.465 e. The fraction of sp³-hybridized carbons (Fsp3) is 0.889. The summed E-state index contributed by atoms with van der Waals surface area (Å²) in [6.07, 6.45) is -0.365. The van der Waals surface area contributed by atoms with Crippen molar-refractivity contribution in [1.29, 1.82) is 0 Å². The van der Waals surface area contributed by atoms with Gasteiger partial charge in [-0.2, -0.15) is 0 Å². The number of cyclic esters (lactones) is 1. The van der Waals surface area contributed by atoms with Crippen molar-refractivity contribution in [2.75, 3.05) is 6.61 Å². The molecule has 6 atom stereocenters. The number of hydrogen-bond acceptors (Lipinski definition) is 4. The molecule has 3 aliphatic rings. The summed E-state index contributed by atoms with van der Waals surface area (Å²) in [4.78, 5) is 11.3. The molecule has 0 aromatic rings. The molecule has 0 aromatic heterocycles. The minimum Gasteiger partial charge on any atom is -0.465 e. The standard InChI is InChI=1S/C9H12O4/c10-5-1-3-6-4(2-13-9(6)12)7(5)8(3)11/h3-8,10-11H,1-2H2/t3-,4+,5+,6-,7-,8-/m1/s1. The topological polar surface area (TPSA) is 66.8 Å². The highest BCUT2D eigenvalue weighted by molar-refractivity contribution is 5.76. The summed E-state index contributed by atoms with van der Waals surface area (Å²) in [6.45, 7) is 0.388. The first kappa shape index (κ1) is 7.76. The van der Waals surface area contributed by atoms with E-state index in [0.717, 1.165) is 0 Å². The molecule has 72 valence electrons. The molecule has 2 bridgehead atoms. The quantitative estimate of drug-likeness (QED) is 0.481. The second-order valence-electron chi connectivity index (χ2n) is 4.35. The molecular formula is C9H12O4. The van der Waals surface area contributed by atoms with Crippen molar-refractivity contribution in [1.82, 2.24) is 0 Å². The van der Waals surface area contributed by atoms with Gasteiger partial charge in [0, 0.05) is 17.8 Å². The first-order valence-corrected chi connectivity index (χ1v) is 4.73. The lowest BCUT2D eigenvalue weighted by molar-refractivity contribution is -0.143. The van der Waals surface area contributed by atoms with Gasteiger partial charge in [0.25, 0.3) is 0 Å². The molecule has 0 radical (unpaired) electrons. The van der Waals surface area contributed by atoms with Crippen LogP contribution in [0, 0.1) is 23.7 Å². The number of aliphatic hydroxyl groups excluding tert-OH is 2. The maximum absolute atomic E-state index is 11.3. The molecule has 0 unspecified atom stereocenters. The zero-order valence-electron chi connectivity index (χ0n) is 7.09. The average molecular weight is 184 g/mol. The number of carbonyl (C=O) groups excluding carboxylic acids is 1. The van der Waals surface area contributed by atoms with Gasteiger partial charge in [-0.3, -0.25) is 4.79 Å². The van der Waals surface area contributed by atoms with Gasteiger partial charge in [0.1, 0.15) is 0 Å². The molecule has 3 rings (SSSR count). The van der Waals surface area contributed by atoms with Crippen molar-refractivity contribution >= 4 is 5.97 Å². The number of ether oxygens (including phenoxy) is 1. The molecule has 1 aliphatic heterocycles. The Hall–Kier alpha value is -0.610. The molecule has 2 aliphatic carbocycles. The first-order valence-electron chi connectivity index (χ1n) is 4.73. The van der Waals surface area contributed by atoms with Crippen molar-refractivity contribution < 1.29 is 19.7 Å². The van der Waals surface area contributed by atoms with Gasteiger partial charge in [-0.15, -0.1) is 0 Å². The number of fused-ring (bicyclic) bond motifs is 5. The molecule has 1 saturated heterocycles. The third-order valence-electron chi connectivity index (χ3n) is 3.90. The van der Waals surface area contributed by atoms with Crippen LogP contribution >= 0.6 is 0 Å². The number of rotatable bonds is 0. The Morgan fingerprint density at radius 2 is 2.08 bits per heavy atom. The minimum atomic E-state index is -0.488. The van der Waals surface area contributed by atoms with Gasteiger partial charge < -0.3 is 14.9 Å². The van der Waals surface area contributed by atoms with Gasteiger partial charge in [0.05, 0.1) is 24.7 Å². The maximum Gasteiger partial charge on any atom is 0.309 e. The smallest absolute Gasteiger partial charge is 0.309 e. The van der Waals surface area contributed by atoms with E-state index in [1.165, 1.54) is 0 Å².